The monoisotopic (exact) mass is 262 g/mol. The number of rotatable bonds is 4. The van der Waals surface area contributed by atoms with E-state index in [1.165, 1.54) is 17.0 Å². The molecule has 2 N–H and O–H groups in total. The lowest BCUT2D eigenvalue weighted by molar-refractivity contribution is 0.338. The molecule has 6 heteroatoms. The first-order valence-electron chi connectivity index (χ1n) is 5.88. The van der Waals surface area contributed by atoms with E-state index in [-0.39, 0.29) is 5.95 Å². The zero-order valence-corrected chi connectivity index (χ0v) is 10.8. The predicted octanol–water partition coefficient (Wildman–Crippen LogP) is 2.19. The van der Waals surface area contributed by atoms with Gasteiger partial charge in [-0.2, -0.15) is 5.10 Å². The predicted molar refractivity (Wildman–Crippen MR) is 71.9 cm³/mol. The number of nitrogens with two attached hydrogens (primary N) is 1. The first-order chi connectivity index (χ1) is 9.10. The Bertz CT molecular complexity index is 607. The lowest BCUT2D eigenvalue weighted by Gasteiger charge is -2.03. The van der Waals surface area contributed by atoms with Gasteiger partial charge in [0, 0.05) is 11.6 Å². The minimum atomic E-state index is -0.398. The van der Waals surface area contributed by atoms with Crippen LogP contribution in [0.1, 0.15) is 18.2 Å². The van der Waals surface area contributed by atoms with E-state index in [0.717, 1.165) is 5.69 Å². The molecular formula is C13H15FN4O. The molecule has 0 aliphatic carbocycles. The number of benzene rings is 1. The Balaban J connectivity index is 2.21. The molecule has 0 saturated carbocycles. The summed E-state index contributed by atoms with van der Waals surface area (Å²) in [6.07, 6.45) is 3.06. The van der Waals surface area contributed by atoms with Crippen LogP contribution in [0.2, 0.25) is 0 Å². The lowest BCUT2D eigenvalue weighted by atomic mass is 10.2. The molecule has 0 spiro atoms. The van der Waals surface area contributed by atoms with Crippen molar-refractivity contribution in [1.29, 1.82) is 0 Å². The van der Waals surface area contributed by atoms with E-state index in [4.69, 9.17) is 10.5 Å². The van der Waals surface area contributed by atoms with Crippen molar-refractivity contribution in [3.63, 3.8) is 0 Å². The molecule has 100 valence electrons. The zero-order valence-electron chi connectivity index (χ0n) is 10.8. The molecule has 2 rings (SSSR count). The van der Waals surface area contributed by atoms with Gasteiger partial charge in [0.15, 0.2) is 0 Å². The van der Waals surface area contributed by atoms with Gasteiger partial charge in [0.1, 0.15) is 11.6 Å². The first kappa shape index (κ1) is 13.1. The molecule has 0 fully saturated rings. The van der Waals surface area contributed by atoms with Crippen molar-refractivity contribution < 1.29 is 9.13 Å². The first-order valence-corrected chi connectivity index (χ1v) is 5.88. The van der Waals surface area contributed by atoms with Gasteiger partial charge >= 0.3 is 0 Å². The van der Waals surface area contributed by atoms with E-state index in [2.05, 4.69) is 10.1 Å². The van der Waals surface area contributed by atoms with Gasteiger partial charge in [-0.25, -0.2) is 14.1 Å². The molecule has 0 saturated heterocycles. The third-order valence-electron chi connectivity index (χ3n) is 2.44. The number of aromatic nitrogens is 2. The minimum Gasteiger partial charge on any atom is -0.494 e. The van der Waals surface area contributed by atoms with Crippen molar-refractivity contribution in [2.24, 2.45) is 5.10 Å². The van der Waals surface area contributed by atoms with Gasteiger partial charge in [-0.05, 0) is 26.0 Å². The molecular weight excluding hydrogens is 247 g/mol. The van der Waals surface area contributed by atoms with Crippen molar-refractivity contribution in [1.82, 2.24) is 9.66 Å². The summed E-state index contributed by atoms with van der Waals surface area (Å²) in [5, 5.41) is 4.06. The van der Waals surface area contributed by atoms with Gasteiger partial charge in [-0.1, -0.05) is 0 Å². The Labute approximate surface area is 110 Å². The van der Waals surface area contributed by atoms with Crippen LogP contribution in [0.3, 0.4) is 0 Å². The van der Waals surface area contributed by atoms with Gasteiger partial charge in [0.05, 0.1) is 24.7 Å². The smallest absolute Gasteiger partial charge is 0.221 e. The number of ether oxygens (including phenoxy) is 1. The molecule has 1 aromatic carbocycles. The summed E-state index contributed by atoms with van der Waals surface area (Å²) in [6, 6.07) is 4.62. The highest BCUT2D eigenvalue weighted by molar-refractivity contribution is 5.80. The summed E-state index contributed by atoms with van der Waals surface area (Å²) in [7, 11) is 0. The second-order valence-corrected chi connectivity index (χ2v) is 3.95. The van der Waals surface area contributed by atoms with Crippen molar-refractivity contribution in [3.8, 4) is 5.75 Å². The molecule has 0 atom stereocenters. The third-order valence-corrected chi connectivity index (χ3v) is 2.44. The van der Waals surface area contributed by atoms with Crippen molar-refractivity contribution in [2.75, 3.05) is 12.3 Å². The fraction of sp³-hybridized carbons (Fsp3) is 0.231. The van der Waals surface area contributed by atoms with Crippen molar-refractivity contribution in [3.05, 3.63) is 41.5 Å². The lowest BCUT2D eigenvalue weighted by Crippen LogP contribution is -1.98. The second-order valence-electron chi connectivity index (χ2n) is 3.95. The molecule has 2 aromatic rings. The summed E-state index contributed by atoms with van der Waals surface area (Å²) in [5.41, 5.74) is 6.74. The highest BCUT2D eigenvalue weighted by Crippen LogP contribution is 2.15. The van der Waals surface area contributed by atoms with Crippen LogP contribution in [0, 0.1) is 12.7 Å². The maximum Gasteiger partial charge on any atom is 0.221 e. The Morgan fingerprint density at radius 1 is 1.53 bits per heavy atom. The van der Waals surface area contributed by atoms with Crippen LogP contribution in [-0.2, 0) is 0 Å². The average molecular weight is 262 g/mol. The number of hydrogen-bond acceptors (Lipinski definition) is 4. The summed E-state index contributed by atoms with van der Waals surface area (Å²) >= 11 is 0. The normalized spacial score (nSPS) is 11.1. The van der Waals surface area contributed by atoms with Crippen molar-refractivity contribution in [2.45, 2.75) is 13.8 Å². The van der Waals surface area contributed by atoms with E-state index in [0.29, 0.717) is 17.9 Å². The molecule has 1 aromatic heterocycles. The van der Waals surface area contributed by atoms with E-state index in [1.54, 1.807) is 25.3 Å². The van der Waals surface area contributed by atoms with Crippen LogP contribution in [-0.4, -0.2) is 22.5 Å². The van der Waals surface area contributed by atoms with Gasteiger partial charge in [0.25, 0.3) is 0 Å². The van der Waals surface area contributed by atoms with Gasteiger partial charge in [-0.15, -0.1) is 0 Å². The molecule has 5 nitrogen and oxygen atoms in total. The number of nitrogens with zero attached hydrogens (tertiary/aromatic N) is 3. The van der Waals surface area contributed by atoms with E-state index in [9.17, 15) is 4.39 Å². The summed E-state index contributed by atoms with van der Waals surface area (Å²) < 4.78 is 20.4. The quantitative estimate of drug-likeness (QED) is 0.859. The molecule has 0 radical (unpaired) electrons. The van der Waals surface area contributed by atoms with Crippen LogP contribution < -0.4 is 10.5 Å². The number of nitrogen functional groups attached to an aromatic ring is 1. The van der Waals surface area contributed by atoms with Crippen LogP contribution in [0.15, 0.2) is 29.5 Å². The molecule has 0 aliphatic rings. The van der Waals surface area contributed by atoms with Gasteiger partial charge < -0.3 is 10.5 Å². The maximum absolute atomic E-state index is 13.8. The largest absolute Gasteiger partial charge is 0.494 e. The second kappa shape index (κ2) is 5.51. The zero-order chi connectivity index (χ0) is 13.8. The average Bonchev–Trinajstić information content (AvgIpc) is 2.67. The standard InChI is InChI=1S/C13H15FN4O/c1-3-19-11-5-4-10(12(14)6-11)7-16-18-8-9(2)17-13(18)15/h4-8H,3H2,1-2H3,(H2,15,17). The van der Waals surface area contributed by atoms with Crippen molar-refractivity contribution >= 4 is 12.2 Å². The molecule has 19 heavy (non-hydrogen) atoms. The van der Waals surface area contributed by atoms with Crippen LogP contribution in [0.25, 0.3) is 0 Å². The summed E-state index contributed by atoms with van der Waals surface area (Å²) in [5.74, 6) is 0.361. The Kier molecular flexibility index (Phi) is 3.79. The minimum absolute atomic E-state index is 0.264. The number of imidazole rings is 1. The highest BCUT2D eigenvalue weighted by atomic mass is 19.1. The van der Waals surface area contributed by atoms with E-state index >= 15 is 0 Å². The molecule has 0 bridgehead atoms. The van der Waals surface area contributed by atoms with Gasteiger partial charge in [-0.3, -0.25) is 0 Å². The van der Waals surface area contributed by atoms with E-state index in [1.807, 2.05) is 6.92 Å². The summed E-state index contributed by atoms with van der Waals surface area (Å²) in [6.45, 7) is 4.15. The Hall–Kier alpha value is -2.37. The SMILES string of the molecule is CCOc1ccc(C=Nn2cc(C)nc2N)c(F)c1. The van der Waals surface area contributed by atoms with Crippen LogP contribution in [0.5, 0.6) is 5.75 Å². The summed E-state index contributed by atoms with van der Waals surface area (Å²) in [4.78, 5) is 4.00. The number of hydrogen-bond donors (Lipinski definition) is 1. The third kappa shape index (κ3) is 3.09. The molecule has 0 aliphatic heterocycles. The molecule has 1 heterocycles. The van der Waals surface area contributed by atoms with Crippen LogP contribution in [0.4, 0.5) is 10.3 Å². The number of anilines is 1. The maximum atomic E-state index is 13.8. The Morgan fingerprint density at radius 2 is 2.32 bits per heavy atom. The fourth-order valence-electron chi connectivity index (χ4n) is 1.59. The van der Waals surface area contributed by atoms with Gasteiger partial charge in [0.2, 0.25) is 5.95 Å². The number of aryl methyl sites for hydroxylation is 1. The Morgan fingerprint density at radius 3 is 2.89 bits per heavy atom. The van der Waals surface area contributed by atoms with Crippen LogP contribution >= 0.6 is 0 Å². The molecule has 0 unspecified atom stereocenters. The number of halogens is 1. The topological polar surface area (TPSA) is 65.4 Å². The highest BCUT2D eigenvalue weighted by Gasteiger charge is 2.03. The molecule has 0 amide bonds. The van der Waals surface area contributed by atoms with E-state index < -0.39 is 5.82 Å². The fourth-order valence-corrected chi connectivity index (χ4v) is 1.59.